The first-order valence-electron chi connectivity index (χ1n) is 8.80. The highest BCUT2D eigenvalue weighted by Gasteiger charge is 2.46. The van der Waals surface area contributed by atoms with E-state index in [-0.39, 0.29) is 5.41 Å². The Morgan fingerprint density at radius 3 is 3.04 bits per heavy atom. The van der Waals surface area contributed by atoms with E-state index in [2.05, 4.69) is 46.1 Å². The highest BCUT2D eigenvalue weighted by atomic mass is 16.3. The van der Waals surface area contributed by atoms with Crippen LogP contribution in [0.25, 0.3) is 10.9 Å². The molecule has 2 atom stereocenters. The van der Waals surface area contributed by atoms with Crippen molar-refractivity contribution in [3.63, 3.8) is 0 Å². The first kappa shape index (κ1) is 15.2. The predicted octanol–water partition coefficient (Wildman–Crippen LogP) is 2.45. The highest BCUT2D eigenvalue weighted by molar-refractivity contribution is 5.82. The van der Waals surface area contributed by atoms with Gasteiger partial charge in [-0.05, 0) is 57.1 Å². The summed E-state index contributed by atoms with van der Waals surface area (Å²) in [5.74, 6) is 0. The summed E-state index contributed by atoms with van der Waals surface area (Å²) in [7, 11) is 2.23. The number of benzene rings is 1. The topological polar surface area (TPSA) is 42.5 Å². The van der Waals surface area contributed by atoms with Crippen molar-refractivity contribution in [2.75, 3.05) is 33.3 Å². The lowest BCUT2D eigenvalue weighted by atomic mass is 9.69. The molecule has 2 N–H and O–H groups in total. The lowest BCUT2D eigenvalue weighted by Crippen LogP contribution is -2.61. The first-order valence-corrected chi connectivity index (χ1v) is 8.80. The molecule has 0 amide bonds. The fourth-order valence-electron chi connectivity index (χ4n) is 4.75. The Kier molecular flexibility index (Phi) is 3.92. The van der Waals surface area contributed by atoms with Gasteiger partial charge in [0.15, 0.2) is 0 Å². The number of likely N-dealkylation sites (tertiary alicyclic amines) is 2. The van der Waals surface area contributed by atoms with E-state index in [1.54, 1.807) is 0 Å². The third-order valence-corrected chi connectivity index (χ3v) is 6.18. The third kappa shape index (κ3) is 2.59. The highest BCUT2D eigenvalue weighted by Crippen LogP contribution is 2.41. The lowest BCUT2D eigenvalue weighted by molar-refractivity contribution is -0.0683. The van der Waals surface area contributed by atoms with Crippen molar-refractivity contribution >= 4 is 10.9 Å². The molecule has 2 aliphatic heterocycles. The standard InChI is InChI=1S/C19H27N3O/c1-21-10-3-7-19(14-23)8-11-22(13-18(19)21)12-15-4-2-5-17-16(15)6-9-20-17/h2,4-6,9,18,20,23H,3,7-8,10-14H2,1H3/t18-,19-/m1/s1. The van der Waals surface area contributed by atoms with E-state index in [1.807, 2.05) is 6.20 Å². The lowest BCUT2D eigenvalue weighted by Gasteiger charge is -2.53. The molecule has 2 saturated heterocycles. The van der Waals surface area contributed by atoms with E-state index in [1.165, 1.54) is 29.3 Å². The SMILES string of the molecule is CN1CCC[C@]2(CO)CCN(Cc3cccc4[nH]ccc34)C[C@@H]12. The maximum Gasteiger partial charge on any atom is 0.0503 e. The Balaban J connectivity index is 1.54. The number of nitrogens with one attached hydrogen (secondary N) is 1. The Hall–Kier alpha value is -1.36. The van der Waals surface area contributed by atoms with Gasteiger partial charge in [-0.25, -0.2) is 0 Å². The number of aliphatic hydroxyl groups excluding tert-OH is 1. The fraction of sp³-hybridized carbons (Fsp3) is 0.579. The number of aliphatic hydroxyl groups is 1. The summed E-state index contributed by atoms with van der Waals surface area (Å²) in [5.41, 5.74) is 2.75. The minimum atomic E-state index is 0.129. The van der Waals surface area contributed by atoms with Crippen LogP contribution in [0.15, 0.2) is 30.5 Å². The monoisotopic (exact) mass is 313 g/mol. The van der Waals surface area contributed by atoms with Crippen molar-refractivity contribution in [3.8, 4) is 0 Å². The molecule has 3 heterocycles. The molecule has 4 rings (SSSR count). The number of fused-ring (bicyclic) bond motifs is 2. The van der Waals surface area contributed by atoms with Gasteiger partial charge in [0.25, 0.3) is 0 Å². The maximum atomic E-state index is 10.0. The molecule has 0 saturated carbocycles. The summed E-state index contributed by atoms with van der Waals surface area (Å²) in [6.45, 7) is 4.65. The first-order chi connectivity index (χ1) is 11.2. The van der Waals surface area contributed by atoms with Gasteiger partial charge in [0, 0.05) is 41.6 Å². The van der Waals surface area contributed by atoms with Crippen LogP contribution in [0.1, 0.15) is 24.8 Å². The van der Waals surface area contributed by atoms with Crippen LogP contribution in [0.3, 0.4) is 0 Å². The predicted molar refractivity (Wildman–Crippen MR) is 93.4 cm³/mol. The average molecular weight is 313 g/mol. The molecule has 2 fully saturated rings. The van der Waals surface area contributed by atoms with Gasteiger partial charge < -0.3 is 15.0 Å². The molecule has 0 aliphatic carbocycles. The van der Waals surface area contributed by atoms with Gasteiger partial charge in [0.1, 0.15) is 0 Å². The van der Waals surface area contributed by atoms with Crippen molar-refractivity contribution in [2.45, 2.75) is 31.8 Å². The van der Waals surface area contributed by atoms with Gasteiger partial charge in [-0.15, -0.1) is 0 Å². The summed E-state index contributed by atoms with van der Waals surface area (Å²) < 4.78 is 0. The van der Waals surface area contributed by atoms with Gasteiger partial charge in [-0.1, -0.05) is 12.1 Å². The van der Waals surface area contributed by atoms with Crippen molar-refractivity contribution in [1.82, 2.24) is 14.8 Å². The summed E-state index contributed by atoms with van der Waals surface area (Å²) in [4.78, 5) is 8.35. The van der Waals surface area contributed by atoms with Crippen molar-refractivity contribution in [2.24, 2.45) is 5.41 Å². The van der Waals surface area contributed by atoms with Crippen LogP contribution >= 0.6 is 0 Å². The fourth-order valence-corrected chi connectivity index (χ4v) is 4.75. The van der Waals surface area contributed by atoms with Crippen molar-refractivity contribution in [1.29, 1.82) is 0 Å². The number of rotatable bonds is 3. The third-order valence-electron chi connectivity index (χ3n) is 6.18. The molecule has 0 spiro atoms. The molecule has 124 valence electrons. The second kappa shape index (κ2) is 5.93. The van der Waals surface area contributed by atoms with Gasteiger partial charge >= 0.3 is 0 Å². The van der Waals surface area contributed by atoms with Gasteiger partial charge in [-0.3, -0.25) is 4.90 Å². The Bertz CT molecular complexity index is 682. The van der Waals surface area contributed by atoms with E-state index in [0.717, 1.165) is 32.6 Å². The molecule has 0 unspecified atom stereocenters. The molecule has 0 radical (unpaired) electrons. The largest absolute Gasteiger partial charge is 0.396 e. The number of nitrogens with zero attached hydrogens (tertiary/aromatic N) is 2. The molecular weight excluding hydrogens is 286 g/mol. The zero-order valence-electron chi connectivity index (χ0n) is 14.0. The number of hydrogen-bond donors (Lipinski definition) is 2. The van der Waals surface area contributed by atoms with Gasteiger partial charge in [0.05, 0.1) is 6.61 Å². The summed E-state index contributed by atoms with van der Waals surface area (Å²) in [6.07, 6.45) is 5.54. The average Bonchev–Trinajstić information content (AvgIpc) is 3.05. The number of likely N-dealkylation sites (N-methyl/N-ethyl adjacent to an activating group) is 1. The zero-order valence-corrected chi connectivity index (χ0v) is 14.0. The van der Waals surface area contributed by atoms with Crippen molar-refractivity contribution < 1.29 is 5.11 Å². The van der Waals surface area contributed by atoms with Crippen LogP contribution in [-0.4, -0.2) is 59.2 Å². The summed E-state index contributed by atoms with van der Waals surface area (Å²) in [5, 5.41) is 11.4. The second-order valence-corrected chi connectivity index (χ2v) is 7.46. The number of hydrogen-bond acceptors (Lipinski definition) is 3. The van der Waals surface area contributed by atoms with Gasteiger partial charge in [-0.2, -0.15) is 0 Å². The number of piperidine rings is 2. The molecule has 23 heavy (non-hydrogen) atoms. The molecule has 4 heteroatoms. The molecule has 2 aromatic rings. The molecule has 1 aromatic heterocycles. The Morgan fingerprint density at radius 1 is 1.26 bits per heavy atom. The number of aromatic amines is 1. The van der Waals surface area contributed by atoms with E-state index >= 15 is 0 Å². The minimum absolute atomic E-state index is 0.129. The molecule has 4 nitrogen and oxygen atoms in total. The quantitative estimate of drug-likeness (QED) is 0.915. The van der Waals surface area contributed by atoms with Gasteiger partial charge in [0.2, 0.25) is 0 Å². The molecular formula is C19H27N3O. The molecule has 2 aliphatic rings. The summed E-state index contributed by atoms with van der Waals surface area (Å²) >= 11 is 0. The Labute approximate surface area is 138 Å². The van der Waals surface area contributed by atoms with Crippen LogP contribution in [0.4, 0.5) is 0 Å². The van der Waals surface area contributed by atoms with E-state index in [4.69, 9.17) is 0 Å². The zero-order chi connectivity index (χ0) is 15.9. The Morgan fingerprint density at radius 2 is 2.17 bits per heavy atom. The molecule has 1 aromatic carbocycles. The van der Waals surface area contributed by atoms with Crippen LogP contribution in [-0.2, 0) is 6.54 Å². The van der Waals surface area contributed by atoms with E-state index in [0.29, 0.717) is 12.6 Å². The number of aromatic nitrogens is 1. The van der Waals surface area contributed by atoms with Crippen LogP contribution in [0, 0.1) is 5.41 Å². The normalized spacial score (nSPS) is 29.7. The second-order valence-electron chi connectivity index (χ2n) is 7.46. The van der Waals surface area contributed by atoms with E-state index < -0.39 is 0 Å². The van der Waals surface area contributed by atoms with Crippen molar-refractivity contribution in [3.05, 3.63) is 36.0 Å². The number of H-pyrrole nitrogens is 1. The van der Waals surface area contributed by atoms with Crippen LogP contribution < -0.4 is 0 Å². The summed E-state index contributed by atoms with van der Waals surface area (Å²) in [6, 6.07) is 9.19. The minimum Gasteiger partial charge on any atom is -0.396 e. The van der Waals surface area contributed by atoms with Crippen LogP contribution in [0.5, 0.6) is 0 Å². The smallest absolute Gasteiger partial charge is 0.0503 e. The maximum absolute atomic E-state index is 10.0. The van der Waals surface area contributed by atoms with E-state index in [9.17, 15) is 5.11 Å². The van der Waals surface area contributed by atoms with Crippen LogP contribution in [0.2, 0.25) is 0 Å². The molecule has 0 bridgehead atoms.